The molecule has 4 nitrogen and oxygen atoms in total. The summed E-state index contributed by atoms with van der Waals surface area (Å²) in [6.45, 7) is 2.15. The monoisotopic (exact) mass is 270 g/mol. The van der Waals surface area contributed by atoms with Crippen molar-refractivity contribution in [1.82, 2.24) is 5.32 Å². The molecule has 0 spiro atoms. The molecule has 0 aliphatic heterocycles. The number of carbonyl (C=O) groups excluding carboxylic acids is 1. The average molecular weight is 270 g/mol. The van der Waals surface area contributed by atoms with E-state index < -0.39 is 0 Å². The summed E-state index contributed by atoms with van der Waals surface area (Å²) in [6, 6.07) is 17.4. The Morgan fingerprint density at radius 2 is 1.70 bits per heavy atom. The number of rotatable bonds is 6. The Morgan fingerprint density at radius 3 is 2.30 bits per heavy atom. The molecule has 0 aliphatic carbocycles. The Labute approximate surface area is 118 Å². The molecular weight excluding hydrogens is 252 g/mol. The number of nitrogens with two attached hydrogens (primary N) is 1. The van der Waals surface area contributed by atoms with E-state index in [2.05, 4.69) is 5.32 Å². The van der Waals surface area contributed by atoms with E-state index in [1.165, 1.54) is 0 Å². The van der Waals surface area contributed by atoms with Crippen LogP contribution in [0, 0.1) is 0 Å². The van der Waals surface area contributed by atoms with Crippen molar-refractivity contribution < 1.29 is 9.53 Å². The highest BCUT2D eigenvalue weighted by atomic mass is 16.5. The van der Waals surface area contributed by atoms with Crippen molar-refractivity contribution in [3.05, 3.63) is 60.2 Å². The minimum absolute atomic E-state index is 0.0632. The van der Waals surface area contributed by atoms with Crippen LogP contribution in [0.15, 0.2) is 54.6 Å². The highest BCUT2D eigenvalue weighted by Gasteiger charge is 2.06. The largest absolute Gasteiger partial charge is 0.457 e. The first-order chi connectivity index (χ1) is 9.65. The maximum absolute atomic E-state index is 10.7. The molecule has 20 heavy (non-hydrogen) atoms. The van der Waals surface area contributed by atoms with Crippen LogP contribution in [-0.4, -0.2) is 12.5 Å². The molecule has 0 unspecified atom stereocenters. The predicted molar refractivity (Wildman–Crippen MR) is 78.6 cm³/mol. The number of para-hydroxylation sites is 1. The van der Waals surface area contributed by atoms with Gasteiger partial charge in [-0.3, -0.25) is 4.79 Å². The van der Waals surface area contributed by atoms with Gasteiger partial charge in [0.15, 0.2) is 0 Å². The van der Waals surface area contributed by atoms with Gasteiger partial charge >= 0.3 is 0 Å². The van der Waals surface area contributed by atoms with E-state index >= 15 is 0 Å². The second-order valence-corrected chi connectivity index (χ2v) is 4.55. The molecule has 0 radical (unpaired) electrons. The second-order valence-electron chi connectivity index (χ2n) is 4.55. The van der Waals surface area contributed by atoms with Crippen molar-refractivity contribution in [2.75, 3.05) is 6.54 Å². The lowest BCUT2D eigenvalue weighted by molar-refractivity contribution is -0.117. The third-order valence-corrected chi connectivity index (χ3v) is 2.94. The van der Waals surface area contributed by atoms with Crippen molar-refractivity contribution in [2.45, 2.75) is 13.0 Å². The van der Waals surface area contributed by atoms with Gasteiger partial charge in [0.2, 0.25) is 5.91 Å². The van der Waals surface area contributed by atoms with Crippen LogP contribution in [0.5, 0.6) is 11.5 Å². The summed E-state index contributed by atoms with van der Waals surface area (Å²) < 4.78 is 5.72. The molecule has 3 N–H and O–H groups in total. The molecule has 0 bridgehead atoms. The van der Waals surface area contributed by atoms with Crippen LogP contribution >= 0.6 is 0 Å². The van der Waals surface area contributed by atoms with Gasteiger partial charge in [0.05, 0.1) is 6.54 Å². The van der Waals surface area contributed by atoms with E-state index in [0.29, 0.717) is 0 Å². The van der Waals surface area contributed by atoms with E-state index in [1.54, 1.807) is 0 Å². The van der Waals surface area contributed by atoms with Crippen molar-refractivity contribution in [3.8, 4) is 11.5 Å². The van der Waals surface area contributed by atoms with Crippen molar-refractivity contribution in [2.24, 2.45) is 5.73 Å². The first-order valence-electron chi connectivity index (χ1n) is 6.49. The van der Waals surface area contributed by atoms with Gasteiger partial charge in [-0.05, 0) is 36.8 Å². The van der Waals surface area contributed by atoms with Gasteiger partial charge in [0.25, 0.3) is 0 Å². The van der Waals surface area contributed by atoms with Gasteiger partial charge in [0.1, 0.15) is 11.5 Å². The summed E-state index contributed by atoms with van der Waals surface area (Å²) in [5, 5.41) is 3.05. The van der Waals surface area contributed by atoms with E-state index in [-0.39, 0.29) is 18.5 Å². The lowest BCUT2D eigenvalue weighted by atomic mass is 10.1. The number of amides is 1. The topological polar surface area (TPSA) is 64.3 Å². The van der Waals surface area contributed by atoms with E-state index in [4.69, 9.17) is 10.5 Å². The number of ether oxygens (including phenoxy) is 1. The highest BCUT2D eigenvalue weighted by Crippen LogP contribution is 2.22. The molecule has 2 aromatic carbocycles. The molecular formula is C16H18N2O2. The van der Waals surface area contributed by atoms with Crippen LogP contribution in [0.4, 0.5) is 0 Å². The normalized spacial score (nSPS) is 11.8. The molecule has 1 atom stereocenters. The van der Waals surface area contributed by atoms with Crippen molar-refractivity contribution in [3.63, 3.8) is 0 Å². The molecule has 2 rings (SSSR count). The zero-order chi connectivity index (χ0) is 14.4. The maximum atomic E-state index is 10.7. The number of primary amides is 1. The summed E-state index contributed by atoms with van der Waals surface area (Å²) >= 11 is 0. The lowest BCUT2D eigenvalue weighted by Crippen LogP contribution is -2.30. The Hall–Kier alpha value is -2.33. The van der Waals surface area contributed by atoms with Gasteiger partial charge in [-0.1, -0.05) is 30.3 Å². The quantitative estimate of drug-likeness (QED) is 0.848. The van der Waals surface area contributed by atoms with Crippen molar-refractivity contribution >= 4 is 5.91 Å². The van der Waals surface area contributed by atoms with Gasteiger partial charge in [0, 0.05) is 6.04 Å². The van der Waals surface area contributed by atoms with E-state index in [0.717, 1.165) is 17.1 Å². The third-order valence-electron chi connectivity index (χ3n) is 2.94. The summed E-state index contributed by atoms with van der Waals surface area (Å²) in [5.41, 5.74) is 6.18. The Morgan fingerprint density at radius 1 is 1.10 bits per heavy atom. The Kier molecular flexibility index (Phi) is 4.74. The molecule has 104 valence electrons. The summed E-state index contributed by atoms with van der Waals surface area (Å²) in [5.74, 6) is 1.23. The SMILES string of the molecule is C[C@@H](NCC(N)=O)c1ccc(Oc2ccccc2)cc1. The van der Waals surface area contributed by atoms with Crippen LogP contribution < -0.4 is 15.8 Å². The number of hydrogen-bond donors (Lipinski definition) is 2. The van der Waals surface area contributed by atoms with Gasteiger partial charge in [-0.15, -0.1) is 0 Å². The fourth-order valence-corrected chi connectivity index (χ4v) is 1.82. The molecule has 0 aliphatic rings. The van der Waals surface area contributed by atoms with Gasteiger partial charge < -0.3 is 15.8 Å². The lowest BCUT2D eigenvalue weighted by Gasteiger charge is -2.13. The summed E-state index contributed by atoms with van der Waals surface area (Å²) in [4.78, 5) is 10.7. The number of carbonyl (C=O) groups is 1. The van der Waals surface area contributed by atoms with E-state index in [1.807, 2.05) is 61.5 Å². The molecule has 0 heterocycles. The molecule has 0 aromatic heterocycles. The smallest absolute Gasteiger partial charge is 0.231 e. The van der Waals surface area contributed by atoms with Crippen LogP contribution in [0.1, 0.15) is 18.5 Å². The average Bonchev–Trinajstić information content (AvgIpc) is 2.46. The van der Waals surface area contributed by atoms with E-state index in [9.17, 15) is 4.79 Å². The second kappa shape index (κ2) is 6.73. The maximum Gasteiger partial charge on any atom is 0.231 e. The Bertz CT molecular complexity index is 552. The molecule has 1 amide bonds. The summed E-state index contributed by atoms with van der Waals surface area (Å²) in [7, 11) is 0. The minimum atomic E-state index is -0.360. The third kappa shape index (κ3) is 4.10. The fraction of sp³-hybridized carbons (Fsp3) is 0.188. The molecule has 4 heteroatoms. The zero-order valence-corrected chi connectivity index (χ0v) is 11.4. The zero-order valence-electron chi connectivity index (χ0n) is 11.4. The van der Waals surface area contributed by atoms with Crippen LogP contribution in [-0.2, 0) is 4.79 Å². The van der Waals surface area contributed by atoms with Crippen molar-refractivity contribution in [1.29, 1.82) is 0 Å². The first-order valence-corrected chi connectivity index (χ1v) is 6.49. The first kappa shape index (κ1) is 14.1. The standard InChI is InChI=1S/C16H18N2O2/c1-12(18-11-16(17)19)13-7-9-15(10-8-13)20-14-5-3-2-4-6-14/h2-10,12,18H,11H2,1H3,(H2,17,19)/t12-/m1/s1. The molecule has 0 saturated carbocycles. The molecule has 0 fully saturated rings. The fourth-order valence-electron chi connectivity index (χ4n) is 1.82. The van der Waals surface area contributed by atoms with Gasteiger partial charge in [-0.2, -0.15) is 0 Å². The molecule has 2 aromatic rings. The predicted octanol–water partition coefficient (Wildman–Crippen LogP) is 2.61. The van der Waals surface area contributed by atoms with Crippen LogP contribution in [0.25, 0.3) is 0 Å². The van der Waals surface area contributed by atoms with Crippen LogP contribution in [0.2, 0.25) is 0 Å². The molecule has 0 saturated heterocycles. The summed E-state index contributed by atoms with van der Waals surface area (Å²) in [6.07, 6.45) is 0. The van der Waals surface area contributed by atoms with Crippen LogP contribution in [0.3, 0.4) is 0 Å². The number of nitrogens with one attached hydrogen (secondary N) is 1. The Balaban J connectivity index is 1.97. The van der Waals surface area contributed by atoms with Gasteiger partial charge in [-0.25, -0.2) is 0 Å². The number of hydrogen-bond acceptors (Lipinski definition) is 3. The number of benzene rings is 2. The minimum Gasteiger partial charge on any atom is -0.457 e. The highest BCUT2D eigenvalue weighted by molar-refractivity contribution is 5.75.